The maximum Gasteiger partial charge on any atom is 0.407 e. The van der Waals surface area contributed by atoms with E-state index in [1.807, 2.05) is 0 Å². The molecule has 0 aromatic carbocycles. The third-order valence-corrected chi connectivity index (χ3v) is 1.69. The molecule has 0 saturated carbocycles. The summed E-state index contributed by atoms with van der Waals surface area (Å²) < 4.78 is 0. The van der Waals surface area contributed by atoms with Crippen LogP contribution in [-0.4, -0.2) is 29.2 Å². The molecule has 1 rings (SSSR count). The van der Waals surface area contributed by atoms with Gasteiger partial charge in [0.2, 0.25) is 0 Å². The first-order chi connectivity index (χ1) is 4.20. The zero-order chi connectivity index (χ0) is 6.85. The minimum Gasteiger partial charge on any atom is -0.465 e. The van der Waals surface area contributed by atoms with E-state index in [-0.39, 0.29) is 12.4 Å². The van der Waals surface area contributed by atoms with E-state index >= 15 is 0 Å². The van der Waals surface area contributed by atoms with Crippen LogP contribution in [0.2, 0.25) is 0 Å². The molecule has 0 aromatic rings. The lowest BCUT2D eigenvalue weighted by Gasteiger charge is -2.08. The van der Waals surface area contributed by atoms with Crippen LogP contribution in [0.5, 0.6) is 0 Å². The molecule has 1 amide bonds. The van der Waals surface area contributed by atoms with Gasteiger partial charge in [-0.1, -0.05) is 6.92 Å². The van der Waals surface area contributed by atoms with E-state index in [1.54, 1.807) is 0 Å². The Hall–Kier alpha value is -0.440. The Morgan fingerprint density at radius 2 is 2.30 bits per heavy atom. The fourth-order valence-electron chi connectivity index (χ4n) is 1.11. The molecule has 60 valence electrons. The van der Waals surface area contributed by atoms with Crippen molar-refractivity contribution < 1.29 is 9.90 Å². The second-order valence-electron chi connectivity index (χ2n) is 2.62. The SMILES string of the molecule is CC1CCN(C(=O)O)C1.Cl. The van der Waals surface area contributed by atoms with Gasteiger partial charge in [0.25, 0.3) is 0 Å². The molecule has 1 aliphatic heterocycles. The van der Waals surface area contributed by atoms with Gasteiger partial charge in [-0.2, -0.15) is 0 Å². The monoisotopic (exact) mass is 165 g/mol. The highest BCUT2D eigenvalue weighted by molar-refractivity contribution is 5.85. The van der Waals surface area contributed by atoms with Crippen molar-refractivity contribution in [3.8, 4) is 0 Å². The van der Waals surface area contributed by atoms with Gasteiger partial charge in [0.1, 0.15) is 0 Å². The Kier molecular flexibility index (Phi) is 3.50. The van der Waals surface area contributed by atoms with Crippen molar-refractivity contribution in [3.05, 3.63) is 0 Å². The van der Waals surface area contributed by atoms with E-state index in [2.05, 4.69) is 6.92 Å². The summed E-state index contributed by atoms with van der Waals surface area (Å²) in [5.41, 5.74) is 0. The Morgan fingerprint density at radius 1 is 1.70 bits per heavy atom. The standard InChI is InChI=1S/C6H11NO2.ClH/c1-5-2-3-7(4-5)6(8)9;/h5H,2-4H2,1H3,(H,8,9);1H. The number of amides is 1. The molecule has 1 saturated heterocycles. The number of nitrogens with zero attached hydrogens (tertiary/aromatic N) is 1. The highest BCUT2D eigenvalue weighted by atomic mass is 35.5. The summed E-state index contributed by atoms with van der Waals surface area (Å²) in [6, 6.07) is 0. The quantitative estimate of drug-likeness (QED) is 0.590. The molecular weight excluding hydrogens is 154 g/mol. The molecule has 0 bridgehead atoms. The molecule has 0 aliphatic carbocycles. The van der Waals surface area contributed by atoms with Crippen LogP contribution in [0.15, 0.2) is 0 Å². The van der Waals surface area contributed by atoms with Crippen molar-refractivity contribution in [1.82, 2.24) is 4.90 Å². The third kappa shape index (κ3) is 2.06. The zero-order valence-electron chi connectivity index (χ0n) is 5.91. The van der Waals surface area contributed by atoms with E-state index < -0.39 is 6.09 Å². The predicted molar refractivity (Wildman–Crippen MR) is 40.6 cm³/mol. The van der Waals surface area contributed by atoms with Crippen molar-refractivity contribution in [1.29, 1.82) is 0 Å². The van der Waals surface area contributed by atoms with Crippen LogP contribution in [0, 0.1) is 5.92 Å². The average molecular weight is 166 g/mol. The molecule has 0 radical (unpaired) electrons. The van der Waals surface area contributed by atoms with Crippen LogP contribution in [0.25, 0.3) is 0 Å². The second-order valence-corrected chi connectivity index (χ2v) is 2.62. The first-order valence-electron chi connectivity index (χ1n) is 3.18. The van der Waals surface area contributed by atoms with E-state index in [4.69, 9.17) is 5.11 Å². The lowest BCUT2D eigenvalue weighted by molar-refractivity contribution is 0.154. The van der Waals surface area contributed by atoms with Gasteiger partial charge in [-0.15, -0.1) is 12.4 Å². The van der Waals surface area contributed by atoms with Crippen molar-refractivity contribution in [2.75, 3.05) is 13.1 Å². The van der Waals surface area contributed by atoms with Gasteiger partial charge in [-0.05, 0) is 12.3 Å². The molecule has 1 aliphatic rings. The smallest absolute Gasteiger partial charge is 0.407 e. The number of carboxylic acid groups (broad SMARTS) is 1. The van der Waals surface area contributed by atoms with E-state index in [0.717, 1.165) is 19.5 Å². The van der Waals surface area contributed by atoms with E-state index in [0.29, 0.717) is 5.92 Å². The lowest BCUT2D eigenvalue weighted by atomic mass is 10.2. The fraction of sp³-hybridized carbons (Fsp3) is 0.833. The molecule has 0 aromatic heterocycles. The summed E-state index contributed by atoms with van der Waals surface area (Å²) in [5, 5.41) is 8.46. The number of halogens is 1. The highest BCUT2D eigenvalue weighted by Crippen LogP contribution is 2.14. The summed E-state index contributed by atoms with van der Waals surface area (Å²) in [6.45, 7) is 3.51. The molecule has 3 nitrogen and oxygen atoms in total. The predicted octanol–water partition coefficient (Wildman–Crippen LogP) is 1.43. The zero-order valence-corrected chi connectivity index (χ0v) is 6.73. The molecular formula is C6H12ClNO2. The summed E-state index contributed by atoms with van der Waals surface area (Å²) >= 11 is 0. The Balaban J connectivity index is 0.000000810. The van der Waals surface area contributed by atoms with Gasteiger partial charge in [-0.3, -0.25) is 0 Å². The molecule has 10 heavy (non-hydrogen) atoms. The first kappa shape index (κ1) is 9.56. The largest absolute Gasteiger partial charge is 0.465 e. The van der Waals surface area contributed by atoms with Gasteiger partial charge in [0.05, 0.1) is 0 Å². The van der Waals surface area contributed by atoms with Crippen LogP contribution in [0.1, 0.15) is 13.3 Å². The second kappa shape index (κ2) is 3.66. The molecule has 0 spiro atoms. The van der Waals surface area contributed by atoms with Crippen LogP contribution >= 0.6 is 12.4 Å². The van der Waals surface area contributed by atoms with Gasteiger partial charge in [0, 0.05) is 13.1 Å². The van der Waals surface area contributed by atoms with Crippen molar-refractivity contribution in [2.45, 2.75) is 13.3 Å². The Morgan fingerprint density at radius 3 is 2.50 bits per heavy atom. The average Bonchev–Trinajstić information content (AvgIpc) is 2.14. The topological polar surface area (TPSA) is 40.5 Å². The first-order valence-corrected chi connectivity index (χ1v) is 3.18. The number of carbonyl (C=O) groups is 1. The molecule has 1 atom stereocenters. The lowest BCUT2D eigenvalue weighted by Crippen LogP contribution is -2.26. The minimum atomic E-state index is -0.778. The maximum absolute atomic E-state index is 10.3. The molecule has 4 heteroatoms. The van der Waals surface area contributed by atoms with Crippen molar-refractivity contribution in [3.63, 3.8) is 0 Å². The van der Waals surface area contributed by atoms with Crippen LogP contribution in [-0.2, 0) is 0 Å². The minimum absolute atomic E-state index is 0. The van der Waals surface area contributed by atoms with Crippen LogP contribution in [0.3, 0.4) is 0 Å². The van der Waals surface area contributed by atoms with Gasteiger partial charge in [0.15, 0.2) is 0 Å². The van der Waals surface area contributed by atoms with Crippen molar-refractivity contribution in [2.24, 2.45) is 5.92 Å². The number of rotatable bonds is 0. The molecule has 1 fully saturated rings. The van der Waals surface area contributed by atoms with Gasteiger partial charge >= 0.3 is 6.09 Å². The summed E-state index contributed by atoms with van der Waals surface area (Å²) in [7, 11) is 0. The molecule has 1 heterocycles. The summed E-state index contributed by atoms with van der Waals surface area (Å²) in [4.78, 5) is 11.7. The van der Waals surface area contributed by atoms with Gasteiger partial charge < -0.3 is 10.0 Å². The summed E-state index contributed by atoms with van der Waals surface area (Å²) in [6.07, 6.45) is 0.242. The van der Waals surface area contributed by atoms with E-state index in [1.165, 1.54) is 4.90 Å². The number of hydrogen-bond donors (Lipinski definition) is 1. The number of likely N-dealkylation sites (tertiary alicyclic amines) is 1. The normalized spacial score (nSPS) is 24.1. The fourth-order valence-corrected chi connectivity index (χ4v) is 1.11. The maximum atomic E-state index is 10.3. The van der Waals surface area contributed by atoms with Crippen LogP contribution in [0.4, 0.5) is 4.79 Å². The third-order valence-electron chi connectivity index (χ3n) is 1.69. The Labute approximate surface area is 66.4 Å². The molecule has 1 N–H and O–H groups in total. The van der Waals surface area contributed by atoms with E-state index in [9.17, 15) is 4.79 Å². The van der Waals surface area contributed by atoms with Gasteiger partial charge in [-0.25, -0.2) is 4.79 Å². The highest BCUT2D eigenvalue weighted by Gasteiger charge is 2.21. The summed E-state index contributed by atoms with van der Waals surface area (Å²) in [5.74, 6) is 0.557. The van der Waals surface area contributed by atoms with Crippen molar-refractivity contribution >= 4 is 18.5 Å². The Bertz CT molecular complexity index is 129. The number of hydrogen-bond acceptors (Lipinski definition) is 1. The molecule has 1 unspecified atom stereocenters. The van der Waals surface area contributed by atoms with Crippen LogP contribution < -0.4 is 0 Å².